The van der Waals surface area contributed by atoms with Crippen molar-refractivity contribution in [2.24, 2.45) is 10.9 Å². The Kier molecular flexibility index (Phi) is 7.62. The van der Waals surface area contributed by atoms with Gasteiger partial charge in [0.25, 0.3) is 0 Å². The van der Waals surface area contributed by atoms with Crippen LogP contribution in [0.25, 0.3) is 0 Å². The van der Waals surface area contributed by atoms with Crippen LogP contribution in [0.5, 0.6) is 0 Å². The molecule has 0 spiro atoms. The van der Waals surface area contributed by atoms with Crippen molar-refractivity contribution in [3.8, 4) is 0 Å². The molecule has 0 amide bonds. The average Bonchev–Trinajstić information content (AvgIpc) is 3.19. The Hall–Kier alpha value is -2.31. The highest BCUT2D eigenvalue weighted by atomic mass is 32.2. The highest BCUT2D eigenvalue weighted by molar-refractivity contribution is 8.00. The van der Waals surface area contributed by atoms with Gasteiger partial charge in [0.15, 0.2) is 5.90 Å². The maximum Gasteiger partial charge on any atom is 0.323 e. The first-order valence-corrected chi connectivity index (χ1v) is 13.5. The van der Waals surface area contributed by atoms with Gasteiger partial charge in [-0.25, -0.2) is 4.99 Å². The van der Waals surface area contributed by atoms with Gasteiger partial charge >= 0.3 is 5.97 Å². The van der Waals surface area contributed by atoms with Gasteiger partial charge in [0, 0.05) is 11.3 Å². The van der Waals surface area contributed by atoms with E-state index in [1.807, 2.05) is 62.4 Å². The van der Waals surface area contributed by atoms with Gasteiger partial charge in [-0.15, -0.1) is 11.8 Å². The van der Waals surface area contributed by atoms with Crippen LogP contribution in [-0.2, 0) is 14.3 Å². The second-order valence-corrected chi connectivity index (χ2v) is 11.8. The summed E-state index contributed by atoms with van der Waals surface area (Å²) in [5.74, 6) is 0.0500. The van der Waals surface area contributed by atoms with Crippen molar-refractivity contribution < 1.29 is 19.4 Å². The smallest absolute Gasteiger partial charge is 0.323 e. The van der Waals surface area contributed by atoms with E-state index in [9.17, 15) is 9.90 Å². The molecule has 35 heavy (non-hydrogen) atoms. The number of carbonyl (C=O) groups is 1. The maximum atomic E-state index is 13.6. The number of aliphatic hydroxyl groups is 1. The second-order valence-electron chi connectivity index (χ2n) is 10.6. The molecule has 2 heterocycles. The number of esters is 1. The summed E-state index contributed by atoms with van der Waals surface area (Å²) in [7, 11) is 0. The third-order valence-electron chi connectivity index (χ3n) is 6.86. The molecule has 2 aromatic carbocycles. The maximum absolute atomic E-state index is 13.6. The summed E-state index contributed by atoms with van der Waals surface area (Å²) < 4.78 is 12.1. The van der Waals surface area contributed by atoms with Crippen molar-refractivity contribution in [3.05, 3.63) is 65.7 Å². The number of cyclic esters (lactones) is 1. The van der Waals surface area contributed by atoms with Crippen LogP contribution in [0.15, 0.2) is 64.5 Å². The van der Waals surface area contributed by atoms with Gasteiger partial charge < -0.3 is 14.6 Å². The predicted octanol–water partition coefficient (Wildman–Crippen LogP) is 6.31. The molecule has 0 aliphatic carbocycles. The summed E-state index contributed by atoms with van der Waals surface area (Å²) in [6.45, 7) is 10.9. The SMILES string of the molecule is CCCC(C1=NC(C)(C)CO1)C1(O)CC(c2ccccc2)OC(=O)C1Sc1ccccc1C(C)C. The monoisotopic (exact) mass is 495 g/mol. The number of nitrogens with zero attached hydrogens (tertiary/aromatic N) is 1. The molecule has 1 saturated heterocycles. The first-order valence-electron chi connectivity index (χ1n) is 12.6. The van der Waals surface area contributed by atoms with Crippen LogP contribution in [0.2, 0.25) is 0 Å². The fraction of sp³-hybridized carbons (Fsp3) is 0.517. The van der Waals surface area contributed by atoms with Crippen LogP contribution in [-0.4, -0.2) is 40.0 Å². The van der Waals surface area contributed by atoms with E-state index in [4.69, 9.17) is 14.5 Å². The molecule has 4 atom stereocenters. The fourth-order valence-corrected chi connectivity index (χ4v) is 6.51. The molecule has 0 saturated carbocycles. The molecular formula is C29H37NO4S. The van der Waals surface area contributed by atoms with E-state index in [1.54, 1.807) is 0 Å². The van der Waals surface area contributed by atoms with Gasteiger partial charge in [0.05, 0.1) is 11.5 Å². The molecule has 188 valence electrons. The third-order valence-corrected chi connectivity index (χ3v) is 8.32. The normalized spacial score (nSPS) is 26.7. The molecule has 1 fully saturated rings. The van der Waals surface area contributed by atoms with E-state index in [1.165, 1.54) is 11.8 Å². The molecule has 0 bridgehead atoms. The molecular weight excluding hydrogens is 458 g/mol. The Labute approximate surface area is 213 Å². The van der Waals surface area contributed by atoms with Crippen LogP contribution in [0.1, 0.15) is 77.0 Å². The van der Waals surface area contributed by atoms with Crippen LogP contribution in [0.4, 0.5) is 0 Å². The van der Waals surface area contributed by atoms with Crippen molar-refractivity contribution in [3.63, 3.8) is 0 Å². The molecule has 4 rings (SSSR count). The van der Waals surface area contributed by atoms with Gasteiger partial charge in [-0.1, -0.05) is 75.7 Å². The first-order chi connectivity index (χ1) is 16.6. The summed E-state index contributed by atoms with van der Waals surface area (Å²) in [6.07, 6.45) is 1.27. The lowest BCUT2D eigenvalue weighted by Gasteiger charge is -2.46. The van der Waals surface area contributed by atoms with E-state index in [-0.39, 0.29) is 12.0 Å². The van der Waals surface area contributed by atoms with Crippen LogP contribution in [0, 0.1) is 5.92 Å². The standard InChI is InChI=1S/C29H37NO4S/c1-6-12-22(26-30-28(4,5)18-33-26)29(32)17-23(20-13-8-7-9-14-20)34-27(31)25(29)35-24-16-11-10-15-21(24)19(2)3/h7-11,13-16,19,22-23,25,32H,6,12,17-18H2,1-5H3. The topological polar surface area (TPSA) is 68.1 Å². The quantitative estimate of drug-likeness (QED) is 0.435. The summed E-state index contributed by atoms with van der Waals surface area (Å²) in [4.78, 5) is 19.5. The number of hydrogen-bond acceptors (Lipinski definition) is 6. The lowest BCUT2D eigenvalue weighted by molar-refractivity contribution is -0.173. The number of hydrogen-bond donors (Lipinski definition) is 1. The van der Waals surface area contributed by atoms with Crippen LogP contribution < -0.4 is 0 Å². The molecule has 0 aromatic heterocycles. The molecule has 2 aliphatic heterocycles. The summed E-state index contributed by atoms with van der Waals surface area (Å²) in [6, 6.07) is 17.8. The highest BCUT2D eigenvalue weighted by Gasteiger charge is 2.57. The van der Waals surface area contributed by atoms with E-state index in [0.717, 1.165) is 22.4 Å². The number of thioether (sulfide) groups is 1. The fourth-order valence-electron chi connectivity index (χ4n) is 5.04. The minimum absolute atomic E-state index is 0.289. The molecule has 4 unspecified atom stereocenters. The minimum Gasteiger partial charge on any atom is -0.478 e. The van der Waals surface area contributed by atoms with Gasteiger partial charge in [0.1, 0.15) is 23.6 Å². The van der Waals surface area contributed by atoms with Gasteiger partial charge in [-0.3, -0.25) is 4.79 Å². The number of ether oxygens (including phenoxy) is 2. The highest BCUT2D eigenvalue weighted by Crippen LogP contribution is 2.49. The lowest BCUT2D eigenvalue weighted by Crippen LogP contribution is -2.58. The Morgan fingerprint density at radius 2 is 1.80 bits per heavy atom. The summed E-state index contributed by atoms with van der Waals surface area (Å²) >= 11 is 1.41. The van der Waals surface area contributed by atoms with Crippen molar-refractivity contribution in [2.45, 2.75) is 87.2 Å². The average molecular weight is 496 g/mol. The van der Waals surface area contributed by atoms with E-state index < -0.39 is 28.8 Å². The van der Waals surface area contributed by atoms with E-state index in [2.05, 4.69) is 26.8 Å². The predicted molar refractivity (Wildman–Crippen MR) is 141 cm³/mol. The number of carbonyl (C=O) groups excluding carboxylic acids is 1. The van der Waals surface area contributed by atoms with Crippen molar-refractivity contribution in [1.82, 2.24) is 0 Å². The third kappa shape index (κ3) is 5.44. The Morgan fingerprint density at radius 3 is 2.43 bits per heavy atom. The largest absolute Gasteiger partial charge is 0.478 e. The van der Waals surface area contributed by atoms with Crippen LogP contribution >= 0.6 is 11.8 Å². The molecule has 0 radical (unpaired) electrons. The second kappa shape index (κ2) is 10.4. The lowest BCUT2D eigenvalue weighted by atomic mass is 9.75. The van der Waals surface area contributed by atoms with Gasteiger partial charge in [-0.2, -0.15) is 0 Å². The zero-order chi connectivity index (χ0) is 25.2. The molecule has 6 heteroatoms. The van der Waals surface area contributed by atoms with Gasteiger partial charge in [-0.05, 0) is 43.4 Å². The van der Waals surface area contributed by atoms with Crippen LogP contribution in [0.3, 0.4) is 0 Å². The number of rotatable bonds is 8. The molecule has 1 N–H and O–H groups in total. The Balaban J connectivity index is 1.78. The number of benzene rings is 2. The zero-order valence-corrected chi connectivity index (χ0v) is 22.2. The molecule has 2 aliphatic rings. The van der Waals surface area contributed by atoms with Crippen molar-refractivity contribution in [1.29, 1.82) is 0 Å². The first kappa shape index (κ1) is 25.8. The Morgan fingerprint density at radius 1 is 1.11 bits per heavy atom. The number of aliphatic imine (C=N–C) groups is 1. The van der Waals surface area contributed by atoms with E-state index in [0.29, 0.717) is 24.8 Å². The van der Waals surface area contributed by atoms with Gasteiger partial charge in [0.2, 0.25) is 0 Å². The zero-order valence-electron chi connectivity index (χ0n) is 21.4. The summed E-state index contributed by atoms with van der Waals surface area (Å²) in [5.41, 5.74) is 0.300. The van der Waals surface area contributed by atoms with E-state index >= 15 is 0 Å². The molecule has 2 aromatic rings. The van der Waals surface area contributed by atoms with Crippen molar-refractivity contribution >= 4 is 23.6 Å². The summed E-state index contributed by atoms with van der Waals surface area (Å²) in [5, 5.41) is 11.8. The Bertz CT molecular complexity index is 1070. The van der Waals surface area contributed by atoms with Crippen molar-refractivity contribution in [2.75, 3.05) is 6.61 Å². The minimum atomic E-state index is -1.39. The molecule has 5 nitrogen and oxygen atoms in total.